The van der Waals surface area contributed by atoms with Gasteiger partial charge in [0, 0.05) is 17.6 Å². The molecule has 0 amide bonds. The van der Waals surface area contributed by atoms with Gasteiger partial charge in [-0.2, -0.15) is 0 Å². The van der Waals surface area contributed by atoms with Crippen LogP contribution in [-0.2, 0) is 6.61 Å². The molecule has 0 aliphatic rings. The fourth-order valence-electron chi connectivity index (χ4n) is 1.39. The molecular formula is C13H21NO2. The van der Waals surface area contributed by atoms with Crippen LogP contribution in [0.3, 0.4) is 0 Å². The number of nitrogens with one attached hydrogen (secondary N) is 1. The molecule has 0 radical (unpaired) electrons. The average molecular weight is 223 g/mol. The van der Waals surface area contributed by atoms with E-state index < -0.39 is 0 Å². The highest BCUT2D eigenvalue weighted by Gasteiger charge is 2.20. The summed E-state index contributed by atoms with van der Waals surface area (Å²) >= 11 is 0. The molecule has 0 aromatic heterocycles. The Hall–Kier alpha value is -1.06. The number of anilines is 1. The average Bonchev–Trinajstić information content (AvgIpc) is 2.36. The molecule has 3 heteroatoms. The van der Waals surface area contributed by atoms with Crippen LogP contribution in [-0.4, -0.2) is 23.4 Å². The highest BCUT2D eigenvalue weighted by Crippen LogP contribution is 2.21. The lowest BCUT2D eigenvalue weighted by Crippen LogP contribution is -2.29. The molecule has 0 spiro atoms. The molecule has 0 fully saturated rings. The van der Waals surface area contributed by atoms with Crippen LogP contribution in [0.1, 0.15) is 25.8 Å². The van der Waals surface area contributed by atoms with Crippen molar-refractivity contribution in [3.63, 3.8) is 0 Å². The van der Waals surface area contributed by atoms with Gasteiger partial charge in [-0.05, 0) is 24.1 Å². The van der Waals surface area contributed by atoms with Gasteiger partial charge in [0.15, 0.2) is 0 Å². The van der Waals surface area contributed by atoms with Gasteiger partial charge in [-0.1, -0.05) is 26.0 Å². The quantitative estimate of drug-likeness (QED) is 0.691. The van der Waals surface area contributed by atoms with Crippen LogP contribution in [0.25, 0.3) is 0 Å². The van der Waals surface area contributed by atoms with E-state index in [4.69, 9.17) is 5.11 Å². The summed E-state index contributed by atoms with van der Waals surface area (Å²) in [4.78, 5) is 0. The summed E-state index contributed by atoms with van der Waals surface area (Å²) in [5, 5.41) is 21.6. The van der Waals surface area contributed by atoms with Crippen molar-refractivity contribution in [1.82, 2.24) is 0 Å². The second-order valence-corrected chi connectivity index (χ2v) is 4.53. The Kier molecular flexibility index (Phi) is 4.77. The van der Waals surface area contributed by atoms with Crippen molar-refractivity contribution < 1.29 is 10.2 Å². The molecular weight excluding hydrogens is 202 g/mol. The first-order valence-corrected chi connectivity index (χ1v) is 5.68. The molecule has 90 valence electrons. The van der Waals surface area contributed by atoms with Gasteiger partial charge >= 0.3 is 0 Å². The molecule has 3 N–H and O–H groups in total. The Morgan fingerprint density at radius 3 is 2.62 bits per heavy atom. The molecule has 0 bridgehead atoms. The predicted molar refractivity (Wildman–Crippen MR) is 66.3 cm³/mol. The second kappa shape index (κ2) is 5.87. The zero-order chi connectivity index (χ0) is 12.0. The van der Waals surface area contributed by atoms with E-state index in [-0.39, 0.29) is 18.6 Å². The first-order valence-electron chi connectivity index (χ1n) is 5.68. The van der Waals surface area contributed by atoms with Gasteiger partial charge < -0.3 is 15.5 Å². The van der Waals surface area contributed by atoms with Crippen LogP contribution in [0.2, 0.25) is 0 Å². The molecule has 1 aromatic rings. The van der Waals surface area contributed by atoms with Gasteiger partial charge in [0.05, 0.1) is 13.2 Å². The lowest BCUT2D eigenvalue weighted by molar-refractivity contribution is 0.149. The molecule has 1 unspecified atom stereocenters. The van der Waals surface area contributed by atoms with Crippen LogP contribution < -0.4 is 5.32 Å². The molecule has 0 aliphatic heterocycles. The standard InChI is InChI=1S/C13H21NO2/c1-3-13(2,10-16)9-14-12-6-4-5-11(7-12)8-15/h4-7,14-16H,3,8-10H2,1-2H3. The normalized spacial score (nSPS) is 14.5. The number of aliphatic hydroxyl groups excluding tert-OH is 2. The number of rotatable bonds is 6. The number of hydrogen-bond acceptors (Lipinski definition) is 3. The smallest absolute Gasteiger partial charge is 0.0682 e. The second-order valence-electron chi connectivity index (χ2n) is 4.53. The summed E-state index contributed by atoms with van der Waals surface area (Å²) in [5.74, 6) is 0. The van der Waals surface area contributed by atoms with Crippen molar-refractivity contribution in [2.45, 2.75) is 26.9 Å². The van der Waals surface area contributed by atoms with E-state index in [2.05, 4.69) is 19.2 Å². The van der Waals surface area contributed by atoms with E-state index in [1.165, 1.54) is 0 Å². The maximum Gasteiger partial charge on any atom is 0.0682 e. The summed E-state index contributed by atoms with van der Waals surface area (Å²) < 4.78 is 0. The van der Waals surface area contributed by atoms with Crippen molar-refractivity contribution in [2.75, 3.05) is 18.5 Å². The molecule has 3 nitrogen and oxygen atoms in total. The number of aliphatic hydroxyl groups is 2. The molecule has 1 rings (SSSR count). The molecule has 1 aromatic carbocycles. The lowest BCUT2D eigenvalue weighted by atomic mass is 9.88. The minimum absolute atomic E-state index is 0.0561. The Bertz CT molecular complexity index is 321. The van der Waals surface area contributed by atoms with Crippen molar-refractivity contribution in [3.8, 4) is 0 Å². The third kappa shape index (κ3) is 3.51. The zero-order valence-electron chi connectivity index (χ0n) is 10.0. The van der Waals surface area contributed by atoms with Crippen molar-refractivity contribution in [3.05, 3.63) is 29.8 Å². The summed E-state index contributed by atoms with van der Waals surface area (Å²) in [7, 11) is 0. The fraction of sp³-hybridized carbons (Fsp3) is 0.538. The molecule has 0 saturated carbocycles. The largest absolute Gasteiger partial charge is 0.396 e. The Labute approximate surface area is 97.1 Å². The van der Waals surface area contributed by atoms with E-state index in [9.17, 15) is 5.11 Å². The summed E-state index contributed by atoms with van der Waals surface area (Å²) in [6.07, 6.45) is 0.927. The van der Waals surface area contributed by atoms with Gasteiger partial charge in [-0.3, -0.25) is 0 Å². The van der Waals surface area contributed by atoms with E-state index in [1.807, 2.05) is 24.3 Å². The minimum atomic E-state index is -0.0881. The van der Waals surface area contributed by atoms with E-state index in [1.54, 1.807) is 0 Å². The molecule has 0 aliphatic carbocycles. The van der Waals surface area contributed by atoms with Gasteiger partial charge in [0.1, 0.15) is 0 Å². The van der Waals surface area contributed by atoms with Crippen LogP contribution in [0.5, 0.6) is 0 Å². The molecule has 16 heavy (non-hydrogen) atoms. The number of hydrogen-bond donors (Lipinski definition) is 3. The maximum absolute atomic E-state index is 9.28. The van der Waals surface area contributed by atoms with Gasteiger partial charge in [0.25, 0.3) is 0 Å². The first kappa shape index (κ1) is 13.0. The van der Waals surface area contributed by atoms with Crippen LogP contribution >= 0.6 is 0 Å². The highest BCUT2D eigenvalue weighted by atomic mass is 16.3. The summed E-state index contributed by atoms with van der Waals surface area (Å²) in [5.41, 5.74) is 1.79. The lowest BCUT2D eigenvalue weighted by Gasteiger charge is -2.26. The molecule has 0 heterocycles. The van der Waals surface area contributed by atoms with E-state index in [0.717, 1.165) is 24.2 Å². The van der Waals surface area contributed by atoms with Crippen molar-refractivity contribution in [1.29, 1.82) is 0 Å². The third-order valence-corrected chi connectivity index (χ3v) is 3.06. The Morgan fingerprint density at radius 1 is 1.31 bits per heavy atom. The Balaban J connectivity index is 2.60. The Morgan fingerprint density at radius 2 is 2.06 bits per heavy atom. The summed E-state index contributed by atoms with van der Waals surface area (Å²) in [6.45, 7) is 5.09. The van der Waals surface area contributed by atoms with Crippen molar-refractivity contribution in [2.24, 2.45) is 5.41 Å². The first-order chi connectivity index (χ1) is 7.63. The topological polar surface area (TPSA) is 52.5 Å². The van der Waals surface area contributed by atoms with Crippen LogP contribution in [0, 0.1) is 5.41 Å². The summed E-state index contributed by atoms with van der Waals surface area (Å²) in [6, 6.07) is 7.69. The van der Waals surface area contributed by atoms with Gasteiger partial charge in [-0.25, -0.2) is 0 Å². The van der Waals surface area contributed by atoms with Crippen LogP contribution in [0.15, 0.2) is 24.3 Å². The fourth-order valence-corrected chi connectivity index (χ4v) is 1.39. The minimum Gasteiger partial charge on any atom is -0.396 e. The van der Waals surface area contributed by atoms with Crippen LogP contribution in [0.4, 0.5) is 5.69 Å². The van der Waals surface area contributed by atoms with E-state index in [0.29, 0.717) is 0 Å². The monoisotopic (exact) mass is 223 g/mol. The van der Waals surface area contributed by atoms with E-state index >= 15 is 0 Å². The molecule has 0 saturated heterocycles. The molecule has 1 atom stereocenters. The SMILES string of the molecule is CCC(C)(CO)CNc1cccc(CO)c1. The van der Waals surface area contributed by atoms with Gasteiger partial charge in [0.2, 0.25) is 0 Å². The number of benzene rings is 1. The zero-order valence-corrected chi connectivity index (χ0v) is 10.0. The van der Waals surface area contributed by atoms with Gasteiger partial charge in [-0.15, -0.1) is 0 Å². The third-order valence-electron chi connectivity index (χ3n) is 3.06. The maximum atomic E-state index is 9.28. The van der Waals surface area contributed by atoms with Crippen molar-refractivity contribution >= 4 is 5.69 Å². The predicted octanol–water partition coefficient (Wildman–Crippen LogP) is 2.00. The highest BCUT2D eigenvalue weighted by molar-refractivity contribution is 5.45.